The van der Waals surface area contributed by atoms with Crippen LogP contribution in [0, 0.1) is 0 Å². The first-order valence-electron chi connectivity index (χ1n) is 26.9. The second-order valence-electron chi connectivity index (χ2n) is 23.0. The van der Waals surface area contributed by atoms with Crippen molar-refractivity contribution in [3.05, 3.63) is 204 Å². The molecule has 6 heterocycles. The van der Waals surface area contributed by atoms with Gasteiger partial charge < -0.3 is 26.5 Å². The van der Waals surface area contributed by atoms with E-state index < -0.39 is 0 Å². The highest BCUT2D eigenvalue weighted by atomic mass is 16.4. The van der Waals surface area contributed by atoms with Crippen molar-refractivity contribution in [2.75, 3.05) is 0 Å². The molecule has 0 fully saturated rings. The minimum atomic E-state index is -0.389. The van der Waals surface area contributed by atoms with Gasteiger partial charge in [0.2, 0.25) is 0 Å². The molecule has 366 valence electrons. The molecule has 0 atom stereocenters. The van der Waals surface area contributed by atoms with Crippen LogP contribution in [0.1, 0.15) is 49.9 Å². The third-order valence-corrected chi connectivity index (χ3v) is 18.3. The summed E-state index contributed by atoms with van der Waals surface area (Å²) in [6.45, 7) is 9.50. The maximum atomic E-state index is 7.12. The van der Waals surface area contributed by atoms with Crippen molar-refractivity contribution < 1.29 is 26.5 Å². The molecule has 0 saturated carbocycles. The van der Waals surface area contributed by atoms with Crippen LogP contribution in [-0.2, 0) is 10.8 Å². The lowest BCUT2D eigenvalue weighted by Gasteiger charge is -2.24. The monoisotopic (exact) mass is 1000 g/mol. The average molecular weight is 1000 g/mol. The van der Waals surface area contributed by atoms with E-state index in [9.17, 15) is 0 Å². The minimum Gasteiger partial charge on any atom is -0.456 e. The fourth-order valence-electron chi connectivity index (χ4n) is 14.4. The van der Waals surface area contributed by atoms with Gasteiger partial charge in [-0.25, -0.2) is 0 Å². The number of hydrogen-bond acceptors (Lipinski definition) is 6. The number of benzene rings is 11. The molecular formula is C72H42O6. The van der Waals surface area contributed by atoms with Crippen molar-refractivity contribution in [1.82, 2.24) is 0 Å². The fraction of sp³-hybridized carbons (Fsp3) is 0.0833. The van der Waals surface area contributed by atoms with Gasteiger partial charge in [-0.3, -0.25) is 0 Å². The maximum Gasteiger partial charge on any atom is 0.144 e. The van der Waals surface area contributed by atoms with Crippen molar-refractivity contribution in [1.29, 1.82) is 0 Å². The molecule has 78 heavy (non-hydrogen) atoms. The molecule has 0 unspecified atom stereocenters. The predicted octanol–water partition coefficient (Wildman–Crippen LogP) is 21.0. The Labute approximate surface area is 443 Å². The molecule has 0 bridgehead atoms. The Balaban J connectivity index is 0.795. The van der Waals surface area contributed by atoms with Gasteiger partial charge in [-0.1, -0.05) is 113 Å². The molecule has 11 aromatic carbocycles. The third kappa shape index (κ3) is 5.05. The Hall–Kier alpha value is -9.78. The first-order valence-corrected chi connectivity index (χ1v) is 26.9. The molecule has 6 aromatic heterocycles. The Morgan fingerprint density at radius 2 is 0.551 bits per heavy atom. The van der Waals surface area contributed by atoms with Crippen molar-refractivity contribution in [2.45, 2.75) is 38.5 Å². The van der Waals surface area contributed by atoms with Crippen LogP contribution in [0.4, 0.5) is 0 Å². The highest BCUT2D eigenvalue weighted by Gasteiger charge is 2.45. The topological polar surface area (TPSA) is 78.8 Å². The Morgan fingerprint density at radius 3 is 0.949 bits per heavy atom. The van der Waals surface area contributed by atoms with Crippen molar-refractivity contribution in [3.8, 4) is 44.5 Å². The summed E-state index contributed by atoms with van der Waals surface area (Å²) < 4.78 is 40.4. The zero-order valence-corrected chi connectivity index (χ0v) is 42.8. The molecule has 0 amide bonds. The van der Waals surface area contributed by atoms with Gasteiger partial charge in [0.1, 0.15) is 67.0 Å². The maximum absolute atomic E-state index is 7.12. The van der Waals surface area contributed by atoms with E-state index in [4.69, 9.17) is 26.5 Å². The lowest BCUT2D eigenvalue weighted by atomic mass is 9.78. The Kier molecular flexibility index (Phi) is 7.33. The van der Waals surface area contributed by atoms with Gasteiger partial charge in [0.25, 0.3) is 0 Å². The lowest BCUT2D eigenvalue weighted by Crippen LogP contribution is -2.17. The number of hydrogen-bond donors (Lipinski definition) is 0. The van der Waals surface area contributed by atoms with Crippen LogP contribution in [-0.4, -0.2) is 0 Å². The largest absolute Gasteiger partial charge is 0.456 e. The van der Waals surface area contributed by atoms with Crippen LogP contribution in [0.5, 0.6) is 0 Å². The summed E-state index contributed by atoms with van der Waals surface area (Å²) in [5, 5.41) is 12.9. The highest BCUT2D eigenvalue weighted by Crippen LogP contribution is 2.61. The van der Waals surface area contributed by atoms with E-state index >= 15 is 0 Å². The molecule has 0 aliphatic heterocycles. The summed E-state index contributed by atoms with van der Waals surface area (Å²) in [6, 6.07) is 65.0. The molecule has 0 spiro atoms. The van der Waals surface area contributed by atoms with Crippen LogP contribution in [0.2, 0.25) is 0 Å². The number of fused-ring (bicyclic) bond motifs is 26. The molecule has 0 saturated heterocycles. The smallest absolute Gasteiger partial charge is 0.144 e. The van der Waals surface area contributed by atoms with Gasteiger partial charge in [0, 0.05) is 86.6 Å². The van der Waals surface area contributed by atoms with Crippen molar-refractivity contribution in [3.63, 3.8) is 0 Å². The number of rotatable bonds is 2. The molecule has 6 nitrogen and oxygen atoms in total. The normalized spacial score (nSPS) is 14.6. The Morgan fingerprint density at radius 1 is 0.244 bits per heavy atom. The first kappa shape index (κ1) is 41.5. The highest BCUT2D eigenvalue weighted by molar-refractivity contribution is 6.23. The van der Waals surface area contributed by atoms with Crippen LogP contribution in [0.15, 0.2) is 208 Å². The van der Waals surface area contributed by atoms with Crippen molar-refractivity contribution in [2.24, 2.45) is 0 Å². The first-order chi connectivity index (χ1) is 38.1. The number of furan rings is 6. The number of para-hydroxylation sites is 4. The molecule has 2 aliphatic carbocycles. The van der Waals surface area contributed by atoms with E-state index in [1.165, 1.54) is 33.4 Å². The zero-order valence-electron chi connectivity index (χ0n) is 42.8. The summed E-state index contributed by atoms with van der Waals surface area (Å²) in [5.41, 5.74) is 23.8. The van der Waals surface area contributed by atoms with Crippen LogP contribution in [0.25, 0.3) is 176 Å². The van der Waals surface area contributed by atoms with Crippen LogP contribution < -0.4 is 0 Å². The molecular weight excluding hydrogens is 961 g/mol. The van der Waals surface area contributed by atoms with Gasteiger partial charge in [0.05, 0.1) is 0 Å². The second kappa shape index (κ2) is 13.8. The van der Waals surface area contributed by atoms with Crippen LogP contribution >= 0.6 is 0 Å². The van der Waals surface area contributed by atoms with Gasteiger partial charge in [-0.2, -0.15) is 0 Å². The van der Waals surface area contributed by atoms with E-state index in [1.807, 2.05) is 24.3 Å². The second-order valence-corrected chi connectivity index (χ2v) is 23.0. The van der Waals surface area contributed by atoms with E-state index in [1.54, 1.807) is 0 Å². The average Bonchev–Trinajstić information content (AvgIpc) is 4.51. The standard InChI is InChI=1S/C72H42O6/c1-71(2)51-29-50-52(30-49(51)67-53(71)27-43(65-41-15-7-11-19-57(41)77-69(65)67)35-21-23-39-47-33-61-45(31-63(47)75-59(39)25-35)37-13-5-9-17-55(37)73-61)72(3,4)54-28-44(66-42-16-8-12-20-58(42)78-70(66)68(50)54)36-22-24-40-48-34-62-46(32-64(48)76-60(40)26-36)38-14-6-10-18-56(38)74-62/h5-34H,1-4H3. The molecule has 17 aromatic rings. The van der Waals surface area contributed by atoms with Gasteiger partial charge in [-0.05, 0) is 153 Å². The Bertz CT molecular complexity index is 5290. The predicted molar refractivity (Wildman–Crippen MR) is 316 cm³/mol. The fourth-order valence-corrected chi connectivity index (χ4v) is 14.4. The van der Waals surface area contributed by atoms with E-state index in [2.05, 4.69) is 185 Å². The van der Waals surface area contributed by atoms with Gasteiger partial charge in [-0.15, -0.1) is 0 Å². The van der Waals surface area contributed by atoms with Gasteiger partial charge >= 0.3 is 0 Å². The zero-order chi connectivity index (χ0) is 51.2. The lowest BCUT2D eigenvalue weighted by molar-refractivity contribution is 0.648. The minimum absolute atomic E-state index is 0.389. The van der Waals surface area contributed by atoms with E-state index in [0.717, 1.165) is 165 Å². The van der Waals surface area contributed by atoms with Crippen LogP contribution in [0.3, 0.4) is 0 Å². The van der Waals surface area contributed by atoms with Gasteiger partial charge in [0.15, 0.2) is 0 Å². The van der Waals surface area contributed by atoms with E-state index in [-0.39, 0.29) is 10.8 Å². The molecule has 6 heteroatoms. The molecule has 2 aliphatic rings. The van der Waals surface area contributed by atoms with Crippen molar-refractivity contribution >= 4 is 132 Å². The summed E-state index contributed by atoms with van der Waals surface area (Å²) in [4.78, 5) is 0. The molecule has 0 N–H and O–H groups in total. The van der Waals surface area contributed by atoms with E-state index in [0.29, 0.717) is 0 Å². The third-order valence-electron chi connectivity index (χ3n) is 18.3. The summed E-state index contributed by atoms with van der Waals surface area (Å²) in [6.07, 6.45) is 0. The summed E-state index contributed by atoms with van der Waals surface area (Å²) in [7, 11) is 0. The molecule has 0 radical (unpaired) electrons. The SMILES string of the molecule is CC1(C)c2cc3c(cc2-c2c1cc(-c1ccc4c(c1)oc1cc5c(cc14)oc1ccccc15)c1c2oc2ccccc21)C(C)(C)c1cc(-c2ccc4c(c2)oc2cc5c(cc24)oc2ccccc25)c2c(oc4ccccc42)c1-3. The summed E-state index contributed by atoms with van der Waals surface area (Å²) in [5.74, 6) is 0. The quantitative estimate of drug-likeness (QED) is 0.172. The summed E-state index contributed by atoms with van der Waals surface area (Å²) >= 11 is 0. The molecule has 19 rings (SSSR count).